The van der Waals surface area contributed by atoms with Gasteiger partial charge in [-0.05, 0) is 62.8 Å². The Hall–Kier alpha value is -2.87. The Balaban J connectivity index is 1.58. The highest BCUT2D eigenvalue weighted by atomic mass is 32.1. The largest absolute Gasteiger partial charge is 0.482 e. The van der Waals surface area contributed by atoms with Crippen molar-refractivity contribution in [1.29, 1.82) is 0 Å². The van der Waals surface area contributed by atoms with Crippen LogP contribution in [-0.4, -0.2) is 37.5 Å². The number of thiophene rings is 1. The van der Waals surface area contributed by atoms with E-state index in [0.717, 1.165) is 41.7 Å². The number of hydrogen-bond donors (Lipinski definition) is 1. The van der Waals surface area contributed by atoms with E-state index < -0.39 is 5.97 Å². The fraction of sp³-hybridized carbons (Fsp3) is 0.409. The number of esters is 1. The molecule has 0 radical (unpaired) electrons. The third-order valence-corrected chi connectivity index (χ3v) is 6.47. The first-order chi connectivity index (χ1) is 14.5. The van der Waals surface area contributed by atoms with Crippen molar-refractivity contribution in [2.24, 2.45) is 0 Å². The lowest BCUT2D eigenvalue weighted by molar-refractivity contribution is -0.123. The van der Waals surface area contributed by atoms with Crippen LogP contribution < -0.4 is 15.0 Å². The molecule has 0 bridgehead atoms. The molecule has 4 rings (SSSR count). The second-order valence-corrected chi connectivity index (χ2v) is 8.53. The molecule has 1 aromatic carbocycles. The zero-order valence-corrected chi connectivity index (χ0v) is 17.9. The van der Waals surface area contributed by atoms with E-state index in [1.54, 1.807) is 13.0 Å². The quantitative estimate of drug-likeness (QED) is 0.737. The number of anilines is 2. The Morgan fingerprint density at radius 3 is 2.87 bits per heavy atom. The Labute approximate surface area is 179 Å². The van der Waals surface area contributed by atoms with Crippen LogP contribution in [0.5, 0.6) is 5.75 Å². The maximum absolute atomic E-state index is 12.9. The molecule has 2 aromatic rings. The lowest BCUT2D eigenvalue weighted by atomic mass is 9.95. The molecule has 1 aliphatic carbocycles. The number of ether oxygens (including phenoxy) is 2. The summed E-state index contributed by atoms with van der Waals surface area (Å²) in [7, 11) is 0. The Morgan fingerprint density at radius 2 is 2.07 bits per heavy atom. The highest BCUT2D eigenvalue weighted by molar-refractivity contribution is 7.17. The number of nitrogens with zero attached hydrogens (tertiary/aromatic N) is 1. The molecule has 0 saturated heterocycles. The van der Waals surface area contributed by atoms with Gasteiger partial charge in [0.2, 0.25) is 5.91 Å². The molecule has 0 spiro atoms. The zero-order chi connectivity index (χ0) is 21.3. The summed E-state index contributed by atoms with van der Waals surface area (Å²) in [6.45, 7) is 3.70. The summed E-state index contributed by atoms with van der Waals surface area (Å²) in [6.07, 6.45) is 3.80. The summed E-state index contributed by atoms with van der Waals surface area (Å²) in [5.74, 6) is -0.469. The summed E-state index contributed by atoms with van der Waals surface area (Å²) < 4.78 is 10.7. The first kappa shape index (κ1) is 20.4. The van der Waals surface area contributed by atoms with Gasteiger partial charge in [-0.2, -0.15) is 0 Å². The van der Waals surface area contributed by atoms with Crippen LogP contribution in [0.2, 0.25) is 0 Å². The number of fused-ring (bicyclic) bond motifs is 2. The molecule has 0 saturated carbocycles. The molecule has 158 valence electrons. The van der Waals surface area contributed by atoms with Gasteiger partial charge in [-0.25, -0.2) is 4.79 Å². The molecule has 7 nitrogen and oxygen atoms in total. The van der Waals surface area contributed by atoms with Crippen LogP contribution in [0.4, 0.5) is 10.7 Å². The van der Waals surface area contributed by atoms with E-state index in [-0.39, 0.29) is 31.6 Å². The van der Waals surface area contributed by atoms with Gasteiger partial charge in [0.15, 0.2) is 6.61 Å². The van der Waals surface area contributed by atoms with Crippen molar-refractivity contribution in [3.63, 3.8) is 0 Å². The second-order valence-electron chi connectivity index (χ2n) is 7.42. The highest BCUT2D eigenvalue weighted by Gasteiger charge is 2.30. The third kappa shape index (κ3) is 3.92. The van der Waals surface area contributed by atoms with Crippen LogP contribution in [0.1, 0.15) is 46.1 Å². The number of carbonyl (C=O) groups is 3. The summed E-state index contributed by atoms with van der Waals surface area (Å²) >= 11 is 1.43. The van der Waals surface area contributed by atoms with Gasteiger partial charge in [-0.3, -0.25) is 14.5 Å². The lowest BCUT2D eigenvalue weighted by Gasteiger charge is -2.29. The molecular weight excluding hydrogens is 404 g/mol. The molecule has 30 heavy (non-hydrogen) atoms. The SMILES string of the molecule is CCOC(=O)c1c(NC(=O)CN2C(=O)COc3ccc(C)cc32)sc2c1CCCC2. The van der Waals surface area contributed by atoms with E-state index in [2.05, 4.69) is 5.32 Å². The topological polar surface area (TPSA) is 84.9 Å². The molecule has 0 fully saturated rings. The predicted molar refractivity (Wildman–Crippen MR) is 115 cm³/mol. The van der Waals surface area contributed by atoms with Crippen molar-refractivity contribution in [2.45, 2.75) is 39.5 Å². The Morgan fingerprint density at radius 1 is 1.27 bits per heavy atom. The normalized spacial score (nSPS) is 15.1. The van der Waals surface area contributed by atoms with Crippen molar-refractivity contribution in [3.05, 3.63) is 39.8 Å². The molecular formula is C22H24N2O5S. The van der Waals surface area contributed by atoms with Crippen LogP contribution in [0, 0.1) is 6.92 Å². The third-order valence-electron chi connectivity index (χ3n) is 5.26. The van der Waals surface area contributed by atoms with E-state index in [1.165, 1.54) is 16.2 Å². The molecule has 8 heteroatoms. The average molecular weight is 429 g/mol. The van der Waals surface area contributed by atoms with E-state index in [4.69, 9.17) is 9.47 Å². The number of nitrogens with one attached hydrogen (secondary N) is 1. The number of amides is 2. The van der Waals surface area contributed by atoms with E-state index in [1.807, 2.05) is 19.1 Å². The number of carbonyl (C=O) groups excluding carboxylic acids is 3. The van der Waals surface area contributed by atoms with Crippen LogP contribution in [0.25, 0.3) is 0 Å². The van der Waals surface area contributed by atoms with Crippen LogP contribution in [0.3, 0.4) is 0 Å². The second kappa shape index (κ2) is 8.47. The number of rotatable bonds is 5. The zero-order valence-electron chi connectivity index (χ0n) is 17.1. The Bertz CT molecular complexity index is 1010. The standard InChI is InChI=1S/C22H24N2O5S/c1-3-28-22(27)20-14-6-4-5-7-17(14)30-21(20)23-18(25)11-24-15-10-13(2)8-9-16(15)29-12-19(24)26/h8-10H,3-7,11-12H2,1-2H3,(H,23,25). The van der Waals surface area contributed by atoms with E-state index >= 15 is 0 Å². The molecule has 1 aromatic heterocycles. The van der Waals surface area contributed by atoms with Crippen LogP contribution in [0.15, 0.2) is 18.2 Å². The maximum Gasteiger partial charge on any atom is 0.341 e. The number of hydrogen-bond acceptors (Lipinski definition) is 6. The van der Waals surface area contributed by atoms with E-state index in [9.17, 15) is 14.4 Å². The summed E-state index contributed by atoms with van der Waals surface area (Å²) in [5, 5.41) is 3.37. The van der Waals surface area contributed by atoms with Gasteiger partial charge in [-0.15, -0.1) is 11.3 Å². The monoisotopic (exact) mass is 428 g/mol. The molecule has 1 N–H and O–H groups in total. The molecule has 2 heterocycles. The van der Waals surface area contributed by atoms with Gasteiger partial charge < -0.3 is 14.8 Å². The van der Waals surface area contributed by atoms with Crippen LogP contribution in [-0.2, 0) is 27.2 Å². The first-order valence-electron chi connectivity index (χ1n) is 10.1. The first-order valence-corrected chi connectivity index (χ1v) is 10.9. The molecule has 2 aliphatic rings. The molecule has 2 amide bonds. The average Bonchev–Trinajstić information content (AvgIpc) is 3.08. The van der Waals surface area contributed by atoms with Gasteiger partial charge in [0.25, 0.3) is 5.91 Å². The fourth-order valence-corrected chi connectivity index (χ4v) is 5.16. The lowest BCUT2D eigenvalue weighted by Crippen LogP contribution is -2.43. The summed E-state index contributed by atoms with van der Waals surface area (Å²) in [5.41, 5.74) is 3.00. The van der Waals surface area contributed by atoms with Crippen molar-refractivity contribution in [1.82, 2.24) is 0 Å². The maximum atomic E-state index is 12.9. The van der Waals surface area contributed by atoms with Crippen molar-refractivity contribution in [2.75, 3.05) is 30.0 Å². The minimum atomic E-state index is -0.407. The number of benzene rings is 1. The van der Waals surface area contributed by atoms with E-state index in [0.29, 0.717) is 22.0 Å². The minimum Gasteiger partial charge on any atom is -0.482 e. The van der Waals surface area contributed by atoms with Gasteiger partial charge in [0.05, 0.1) is 17.9 Å². The number of aryl methyl sites for hydroxylation is 2. The van der Waals surface area contributed by atoms with Crippen molar-refractivity contribution < 1.29 is 23.9 Å². The molecule has 0 atom stereocenters. The molecule has 0 unspecified atom stereocenters. The van der Waals surface area contributed by atoms with Crippen LogP contribution >= 0.6 is 11.3 Å². The van der Waals surface area contributed by atoms with Crippen molar-refractivity contribution >= 4 is 39.8 Å². The Kier molecular flexibility index (Phi) is 5.76. The minimum absolute atomic E-state index is 0.106. The highest BCUT2D eigenvalue weighted by Crippen LogP contribution is 2.39. The smallest absolute Gasteiger partial charge is 0.341 e. The summed E-state index contributed by atoms with van der Waals surface area (Å²) in [4.78, 5) is 40.4. The summed E-state index contributed by atoms with van der Waals surface area (Å²) in [6, 6.07) is 5.52. The predicted octanol–water partition coefficient (Wildman–Crippen LogP) is 3.48. The van der Waals surface area contributed by atoms with Gasteiger partial charge in [-0.1, -0.05) is 6.07 Å². The molecule has 1 aliphatic heterocycles. The fourth-order valence-electron chi connectivity index (χ4n) is 3.87. The van der Waals surface area contributed by atoms with Gasteiger partial charge >= 0.3 is 5.97 Å². The van der Waals surface area contributed by atoms with Crippen molar-refractivity contribution in [3.8, 4) is 5.75 Å². The van der Waals surface area contributed by atoms with Gasteiger partial charge in [0.1, 0.15) is 17.3 Å². The van der Waals surface area contributed by atoms with Gasteiger partial charge in [0, 0.05) is 4.88 Å².